The number of halogens is 1. The molecular formula is C27H27ClN2O4. The third-order valence-corrected chi connectivity index (χ3v) is 7.43. The summed E-state index contributed by atoms with van der Waals surface area (Å²) in [5.41, 5.74) is 2.11. The summed E-state index contributed by atoms with van der Waals surface area (Å²) in [5, 5.41) is 13.0. The number of hydrogen-bond acceptors (Lipinski definition) is 6. The number of rotatable bonds is 6. The van der Waals surface area contributed by atoms with E-state index in [4.69, 9.17) is 21.1 Å². The molecule has 3 aromatic rings. The number of ether oxygens (including phenoxy) is 2. The Morgan fingerprint density at radius 1 is 1.24 bits per heavy atom. The zero-order valence-corrected chi connectivity index (χ0v) is 19.7. The van der Waals surface area contributed by atoms with E-state index < -0.39 is 6.10 Å². The highest BCUT2D eigenvalue weighted by molar-refractivity contribution is 6.30. The van der Waals surface area contributed by atoms with Crippen LogP contribution in [0, 0.1) is 11.8 Å². The van der Waals surface area contributed by atoms with Gasteiger partial charge in [0.15, 0.2) is 0 Å². The lowest BCUT2D eigenvalue weighted by Gasteiger charge is -2.53. The topological polar surface area (TPSA) is 71.9 Å². The van der Waals surface area contributed by atoms with Gasteiger partial charge in [0, 0.05) is 41.7 Å². The Morgan fingerprint density at radius 3 is 2.74 bits per heavy atom. The molecule has 6 nitrogen and oxygen atoms in total. The monoisotopic (exact) mass is 478 g/mol. The minimum absolute atomic E-state index is 0.0843. The molecule has 2 unspecified atom stereocenters. The van der Waals surface area contributed by atoms with Crippen LogP contribution < -0.4 is 4.74 Å². The first-order valence-electron chi connectivity index (χ1n) is 11.4. The van der Waals surface area contributed by atoms with Gasteiger partial charge in [-0.25, -0.2) is 4.79 Å². The number of fused-ring (bicyclic) bond motifs is 4. The Morgan fingerprint density at radius 2 is 2.03 bits per heavy atom. The van der Waals surface area contributed by atoms with E-state index in [1.165, 1.54) is 0 Å². The minimum Gasteiger partial charge on any atom is -0.497 e. The first-order chi connectivity index (χ1) is 16.5. The Kier molecular flexibility index (Phi) is 6.30. The number of methoxy groups -OCH3 is 1. The summed E-state index contributed by atoms with van der Waals surface area (Å²) >= 11 is 5.94. The van der Waals surface area contributed by atoms with Gasteiger partial charge in [0.25, 0.3) is 0 Å². The normalized spacial score (nSPS) is 26.7. The van der Waals surface area contributed by atoms with Gasteiger partial charge in [-0.2, -0.15) is 0 Å². The fourth-order valence-corrected chi connectivity index (χ4v) is 5.51. The molecular weight excluding hydrogens is 452 g/mol. The van der Waals surface area contributed by atoms with Gasteiger partial charge in [0.1, 0.15) is 11.9 Å². The van der Waals surface area contributed by atoms with Crippen molar-refractivity contribution < 1.29 is 19.4 Å². The predicted molar refractivity (Wildman–Crippen MR) is 131 cm³/mol. The average molecular weight is 479 g/mol. The van der Waals surface area contributed by atoms with Crippen LogP contribution in [-0.4, -0.2) is 53.3 Å². The maximum atomic E-state index is 12.8. The molecule has 176 valence electrons. The Hall–Kier alpha value is -2.93. The summed E-state index contributed by atoms with van der Waals surface area (Å²) in [6.07, 6.45) is 3.39. The Bertz CT molecular complexity index is 1210. The number of pyridine rings is 1. The zero-order valence-electron chi connectivity index (χ0n) is 18.9. The first-order valence-corrected chi connectivity index (χ1v) is 11.8. The van der Waals surface area contributed by atoms with Crippen molar-refractivity contribution in [2.24, 2.45) is 11.8 Å². The zero-order chi connectivity index (χ0) is 23.8. The fraction of sp³-hybridized carbons (Fsp3) is 0.333. The van der Waals surface area contributed by atoms with Crippen molar-refractivity contribution >= 4 is 28.5 Å². The number of nitrogens with zero attached hydrogens (tertiary/aromatic N) is 2. The standard InChI is InChI=1S/C27H27ClN2O4/c1-3-16-14-30-15-25(34-27(32)17-4-6-18(28)7-5-17)21(16)13-24(30)26(31)20-10-11-29-23-9-8-19(33-2)12-22(20)23/h3-12,16,21,24-26,31H,1,13-15H2,2H3/t16-,21+,24+,25?,26-/m0/s1. The molecule has 0 amide bonds. The van der Waals surface area contributed by atoms with Gasteiger partial charge in [-0.1, -0.05) is 17.7 Å². The molecule has 0 aliphatic carbocycles. The maximum absolute atomic E-state index is 12.8. The molecule has 6 atom stereocenters. The number of hydrogen-bond donors (Lipinski definition) is 1. The number of aliphatic hydroxyl groups is 1. The van der Waals surface area contributed by atoms with E-state index in [1.807, 2.05) is 30.3 Å². The number of aromatic nitrogens is 1. The van der Waals surface area contributed by atoms with Crippen molar-refractivity contribution in [2.45, 2.75) is 24.7 Å². The molecule has 3 saturated heterocycles. The first kappa shape index (κ1) is 22.8. The van der Waals surface area contributed by atoms with Crippen LogP contribution in [-0.2, 0) is 4.74 Å². The highest BCUT2D eigenvalue weighted by Gasteiger charge is 2.48. The Labute approximate surface area is 203 Å². The number of carbonyl (C=O) groups is 1. The molecule has 2 bridgehead atoms. The van der Waals surface area contributed by atoms with Gasteiger partial charge in [0.2, 0.25) is 0 Å². The summed E-state index contributed by atoms with van der Waals surface area (Å²) < 4.78 is 11.3. The summed E-state index contributed by atoms with van der Waals surface area (Å²) in [5.74, 6) is 0.637. The molecule has 3 aliphatic heterocycles. The summed E-state index contributed by atoms with van der Waals surface area (Å²) in [4.78, 5) is 19.4. The molecule has 2 aromatic carbocycles. The van der Waals surface area contributed by atoms with Crippen LogP contribution in [0.5, 0.6) is 5.75 Å². The van der Waals surface area contributed by atoms with Gasteiger partial charge < -0.3 is 14.6 Å². The van der Waals surface area contributed by atoms with Crippen molar-refractivity contribution in [1.29, 1.82) is 0 Å². The SMILES string of the molecule is C=C[C@H]1CN2CC(OC(=O)c3ccc(Cl)cc3)[C@@H]1C[C@@H]2[C@@H](O)c1ccnc2ccc(OC)cc12. The van der Waals surface area contributed by atoms with E-state index in [2.05, 4.69) is 16.5 Å². The van der Waals surface area contributed by atoms with E-state index in [0.717, 1.165) is 28.8 Å². The van der Waals surface area contributed by atoms with Crippen LogP contribution in [0.4, 0.5) is 0 Å². The smallest absolute Gasteiger partial charge is 0.338 e. The molecule has 3 aliphatic rings. The molecule has 0 spiro atoms. The third kappa shape index (κ3) is 4.17. The number of benzene rings is 2. The quantitative estimate of drug-likeness (QED) is 0.410. The van der Waals surface area contributed by atoms with E-state index in [1.54, 1.807) is 37.6 Å². The van der Waals surface area contributed by atoms with Crippen molar-refractivity contribution in [1.82, 2.24) is 9.88 Å². The van der Waals surface area contributed by atoms with E-state index in [-0.39, 0.29) is 30.0 Å². The minimum atomic E-state index is -0.709. The average Bonchev–Trinajstić information content (AvgIpc) is 2.87. The second-order valence-electron chi connectivity index (χ2n) is 9.00. The van der Waals surface area contributed by atoms with Crippen molar-refractivity contribution in [2.75, 3.05) is 20.2 Å². The van der Waals surface area contributed by atoms with Gasteiger partial charge >= 0.3 is 5.97 Å². The van der Waals surface area contributed by atoms with Gasteiger partial charge in [0.05, 0.1) is 24.3 Å². The van der Waals surface area contributed by atoms with Crippen LogP contribution in [0.2, 0.25) is 5.02 Å². The van der Waals surface area contributed by atoms with Gasteiger partial charge in [-0.15, -0.1) is 6.58 Å². The highest BCUT2D eigenvalue weighted by atomic mass is 35.5. The molecule has 4 heterocycles. The lowest BCUT2D eigenvalue weighted by molar-refractivity contribution is -0.113. The van der Waals surface area contributed by atoms with E-state index >= 15 is 0 Å². The summed E-state index contributed by atoms with van der Waals surface area (Å²) in [7, 11) is 1.63. The number of piperidine rings is 3. The van der Waals surface area contributed by atoms with Crippen LogP contribution in [0.3, 0.4) is 0 Å². The fourth-order valence-electron chi connectivity index (χ4n) is 5.38. The largest absolute Gasteiger partial charge is 0.497 e. The number of carbonyl (C=O) groups excluding carboxylic acids is 1. The molecule has 6 rings (SSSR count). The molecule has 0 saturated carbocycles. The second-order valence-corrected chi connectivity index (χ2v) is 9.44. The maximum Gasteiger partial charge on any atom is 0.338 e. The summed E-state index contributed by atoms with van der Waals surface area (Å²) in [6.45, 7) is 5.35. The van der Waals surface area contributed by atoms with E-state index in [0.29, 0.717) is 23.6 Å². The molecule has 0 radical (unpaired) electrons. The Balaban J connectivity index is 1.38. The lowest BCUT2D eigenvalue weighted by atomic mass is 9.72. The predicted octanol–water partition coefficient (Wildman–Crippen LogP) is 4.66. The molecule has 7 heteroatoms. The highest BCUT2D eigenvalue weighted by Crippen LogP contribution is 2.43. The molecule has 3 fully saturated rings. The van der Waals surface area contributed by atoms with Crippen LogP contribution in [0.1, 0.15) is 28.4 Å². The second kappa shape index (κ2) is 9.37. The molecule has 1 aromatic heterocycles. The van der Waals surface area contributed by atoms with Crippen molar-refractivity contribution in [3.63, 3.8) is 0 Å². The number of aliphatic hydroxyl groups excluding tert-OH is 1. The molecule has 1 N–H and O–H groups in total. The van der Waals surface area contributed by atoms with Crippen LogP contribution >= 0.6 is 11.6 Å². The van der Waals surface area contributed by atoms with Gasteiger partial charge in [-0.3, -0.25) is 9.88 Å². The van der Waals surface area contributed by atoms with Crippen molar-refractivity contribution in [3.8, 4) is 5.75 Å². The van der Waals surface area contributed by atoms with Crippen LogP contribution in [0.25, 0.3) is 10.9 Å². The van der Waals surface area contributed by atoms with E-state index in [9.17, 15) is 9.90 Å². The third-order valence-electron chi connectivity index (χ3n) is 7.18. The number of esters is 1. The molecule has 34 heavy (non-hydrogen) atoms. The van der Waals surface area contributed by atoms with Crippen molar-refractivity contribution in [3.05, 3.63) is 83.5 Å². The lowest BCUT2D eigenvalue weighted by Crippen LogP contribution is -2.61. The summed E-state index contributed by atoms with van der Waals surface area (Å²) in [6, 6.07) is 14.2. The van der Waals surface area contributed by atoms with Gasteiger partial charge in [-0.05, 0) is 66.4 Å². The van der Waals surface area contributed by atoms with Crippen LogP contribution in [0.15, 0.2) is 67.4 Å².